The number of ether oxygens (including phenoxy) is 2. The van der Waals surface area contributed by atoms with Crippen molar-refractivity contribution in [2.45, 2.75) is 12.8 Å². The summed E-state index contributed by atoms with van der Waals surface area (Å²) in [4.78, 5) is 23.3. The molecule has 6 heteroatoms. The second kappa shape index (κ2) is 9.57. The van der Waals surface area contributed by atoms with Gasteiger partial charge in [-0.15, -0.1) is 0 Å². The summed E-state index contributed by atoms with van der Waals surface area (Å²) in [5.41, 5.74) is 0.483. The van der Waals surface area contributed by atoms with Crippen molar-refractivity contribution in [2.24, 2.45) is 0 Å². The van der Waals surface area contributed by atoms with Crippen LogP contribution in [0.1, 0.15) is 12.8 Å². The van der Waals surface area contributed by atoms with Crippen LogP contribution in [0, 0.1) is 0 Å². The van der Waals surface area contributed by atoms with E-state index in [0.29, 0.717) is 23.7 Å². The van der Waals surface area contributed by atoms with Gasteiger partial charge in [-0.2, -0.15) is 0 Å². The molecule has 24 heavy (non-hydrogen) atoms. The summed E-state index contributed by atoms with van der Waals surface area (Å²) in [5, 5.41) is 3.01. The third-order valence-corrected chi connectivity index (χ3v) is 3.38. The van der Waals surface area contributed by atoms with Gasteiger partial charge in [0.2, 0.25) is 0 Å². The number of carbonyl (C=O) groups excluding carboxylic acids is 2. The predicted molar refractivity (Wildman–Crippen MR) is 92.2 cm³/mol. The molecule has 126 valence electrons. The number of benzene rings is 2. The first kappa shape index (κ1) is 17.8. The molecule has 0 aliphatic heterocycles. The number of rotatable bonds is 8. The highest BCUT2D eigenvalue weighted by atomic mass is 35.5. The Kier molecular flexibility index (Phi) is 7.11. The monoisotopic (exact) mass is 347 g/mol. The fraction of sp³-hybridized carbons (Fsp3) is 0.222. The van der Waals surface area contributed by atoms with Crippen molar-refractivity contribution >= 4 is 29.2 Å². The Hall–Kier alpha value is -2.53. The zero-order valence-electron chi connectivity index (χ0n) is 13.0. The number of para-hydroxylation sites is 2. The number of hydrogen-bond donors (Lipinski definition) is 1. The summed E-state index contributed by atoms with van der Waals surface area (Å²) >= 11 is 5.93. The molecule has 0 saturated heterocycles. The van der Waals surface area contributed by atoms with Gasteiger partial charge in [0, 0.05) is 6.42 Å². The summed E-state index contributed by atoms with van der Waals surface area (Å²) in [6, 6.07) is 16.2. The highest BCUT2D eigenvalue weighted by Crippen LogP contribution is 2.20. The number of anilines is 1. The maximum Gasteiger partial charge on any atom is 0.306 e. The van der Waals surface area contributed by atoms with Gasteiger partial charge in [-0.1, -0.05) is 41.9 Å². The van der Waals surface area contributed by atoms with Crippen molar-refractivity contribution in [3.63, 3.8) is 0 Å². The van der Waals surface area contributed by atoms with Crippen LogP contribution in [0.15, 0.2) is 54.6 Å². The summed E-state index contributed by atoms with van der Waals surface area (Å²) in [7, 11) is 0. The van der Waals surface area contributed by atoms with Gasteiger partial charge in [-0.3, -0.25) is 9.59 Å². The fourth-order valence-corrected chi connectivity index (χ4v) is 2.07. The standard InChI is InChI=1S/C18H18ClNO4/c19-15-9-4-5-10-16(15)20-17(21)13-24-18(22)11-6-12-23-14-7-2-1-3-8-14/h1-5,7-10H,6,11-13H2,(H,20,21). The smallest absolute Gasteiger partial charge is 0.306 e. The van der Waals surface area contributed by atoms with E-state index < -0.39 is 11.9 Å². The molecule has 0 atom stereocenters. The zero-order valence-corrected chi connectivity index (χ0v) is 13.8. The minimum atomic E-state index is -0.444. The van der Waals surface area contributed by atoms with Crippen molar-refractivity contribution in [2.75, 3.05) is 18.5 Å². The van der Waals surface area contributed by atoms with Gasteiger partial charge in [0.05, 0.1) is 17.3 Å². The Morgan fingerprint density at radius 3 is 2.46 bits per heavy atom. The van der Waals surface area contributed by atoms with Gasteiger partial charge in [-0.05, 0) is 30.7 Å². The van der Waals surface area contributed by atoms with Crippen molar-refractivity contribution < 1.29 is 19.1 Å². The van der Waals surface area contributed by atoms with E-state index >= 15 is 0 Å². The predicted octanol–water partition coefficient (Wildman–Crippen LogP) is 3.68. The van der Waals surface area contributed by atoms with E-state index in [1.54, 1.807) is 24.3 Å². The summed E-state index contributed by atoms with van der Waals surface area (Å²) in [5.74, 6) is -0.122. The van der Waals surface area contributed by atoms with Gasteiger partial charge in [-0.25, -0.2) is 0 Å². The van der Waals surface area contributed by atoms with E-state index in [0.717, 1.165) is 5.75 Å². The lowest BCUT2D eigenvalue weighted by molar-refractivity contribution is -0.147. The Bertz CT molecular complexity index is 676. The maximum atomic E-state index is 11.7. The second-order valence-electron chi connectivity index (χ2n) is 4.95. The third kappa shape index (κ3) is 6.30. The highest BCUT2D eigenvalue weighted by molar-refractivity contribution is 6.33. The lowest BCUT2D eigenvalue weighted by Gasteiger charge is -2.08. The molecule has 2 aromatic rings. The topological polar surface area (TPSA) is 64.6 Å². The molecule has 2 aromatic carbocycles. The van der Waals surface area contributed by atoms with Crippen LogP contribution < -0.4 is 10.1 Å². The van der Waals surface area contributed by atoms with E-state index in [9.17, 15) is 9.59 Å². The molecule has 0 aromatic heterocycles. The quantitative estimate of drug-likeness (QED) is 0.584. The Labute approximate surface area is 145 Å². The van der Waals surface area contributed by atoms with Crippen LogP contribution in [-0.4, -0.2) is 25.1 Å². The number of carbonyl (C=O) groups is 2. The Morgan fingerprint density at radius 2 is 1.71 bits per heavy atom. The molecule has 1 N–H and O–H groups in total. The van der Waals surface area contributed by atoms with Crippen LogP contribution in [0.25, 0.3) is 0 Å². The molecule has 0 fully saturated rings. The van der Waals surface area contributed by atoms with Crippen LogP contribution in [-0.2, 0) is 14.3 Å². The maximum absolute atomic E-state index is 11.7. The molecule has 0 spiro atoms. The summed E-state index contributed by atoms with van der Waals surface area (Å²) in [6.45, 7) is 0.0640. The molecule has 0 unspecified atom stereocenters. The molecule has 0 aliphatic carbocycles. The fourth-order valence-electron chi connectivity index (χ4n) is 1.89. The van der Waals surface area contributed by atoms with Crippen LogP contribution >= 0.6 is 11.6 Å². The molecule has 0 aliphatic rings. The summed E-state index contributed by atoms with van der Waals surface area (Å²) < 4.78 is 10.4. The van der Waals surface area contributed by atoms with Crippen LogP contribution in [0.3, 0.4) is 0 Å². The normalized spacial score (nSPS) is 10.0. The van der Waals surface area contributed by atoms with E-state index in [2.05, 4.69) is 5.32 Å². The largest absolute Gasteiger partial charge is 0.494 e. The molecule has 5 nitrogen and oxygen atoms in total. The first-order chi connectivity index (χ1) is 11.6. The van der Waals surface area contributed by atoms with Crippen molar-refractivity contribution in [1.29, 1.82) is 0 Å². The van der Waals surface area contributed by atoms with Gasteiger partial charge in [0.1, 0.15) is 5.75 Å². The van der Waals surface area contributed by atoms with E-state index in [4.69, 9.17) is 21.1 Å². The molecular formula is C18H18ClNO4. The van der Waals surface area contributed by atoms with Crippen molar-refractivity contribution in [3.8, 4) is 5.75 Å². The first-order valence-corrected chi connectivity index (χ1v) is 7.91. The van der Waals surface area contributed by atoms with Gasteiger partial charge < -0.3 is 14.8 Å². The van der Waals surface area contributed by atoms with E-state index in [-0.39, 0.29) is 13.0 Å². The highest BCUT2D eigenvalue weighted by Gasteiger charge is 2.09. The number of hydrogen-bond acceptors (Lipinski definition) is 4. The minimum absolute atomic E-state index is 0.187. The Morgan fingerprint density at radius 1 is 1.00 bits per heavy atom. The number of amides is 1. The molecule has 0 heterocycles. The van der Waals surface area contributed by atoms with E-state index in [1.807, 2.05) is 30.3 Å². The molecule has 0 saturated carbocycles. The van der Waals surface area contributed by atoms with Crippen LogP contribution in [0.2, 0.25) is 5.02 Å². The zero-order chi connectivity index (χ0) is 17.2. The average molecular weight is 348 g/mol. The third-order valence-electron chi connectivity index (χ3n) is 3.05. The molecular weight excluding hydrogens is 330 g/mol. The van der Waals surface area contributed by atoms with Gasteiger partial charge >= 0.3 is 5.97 Å². The van der Waals surface area contributed by atoms with Gasteiger partial charge in [0.15, 0.2) is 6.61 Å². The second-order valence-corrected chi connectivity index (χ2v) is 5.36. The molecule has 0 bridgehead atoms. The Balaban J connectivity index is 1.60. The van der Waals surface area contributed by atoms with E-state index in [1.165, 1.54) is 0 Å². The molecule has 0 radical (unpaired) electrons. The molecule has 1 amide bonds. The van der Waals surface area contributed by atoms with Gasteiger partial charge in [0.25, 0.3) is 5.91 Å². The van der Waals surface area contributed by atoms with Crippen LogP contribution in [0.4, 0.5) is 5.69 Å². The minimum Gasteiger partial charge on any atom is -0.494 e. The summed E-state index contributed by atoms with van der Waals surface area (Å²) in [6.07, 6.45) is 0.700. The van der Waals surface area contributed by atoms with Crippen molar-refractivity contribution in [1.82, 2.24) is 0 Å². The number of halogens is 1. The first-order valence-electron chi connectivity index (χ1n) is 7.53. The average Bonchev–Trinajstić information content (AvgIpc) is 2.60. The van der Waals surface area contributed by atoms with Crippen molar-refractivity contribution in [3.05, 3.63) is 59.6 Å². The lowest BCUT2D eigenvalue weighted by Crippen LogP contribution is -2.21. The SMILES string of the molecule is O=C(COC(=O)CCCOc1ccccc1)Nc1ccccc1Cl. The van der Waals surface area contributed by atoms with Crippen LogP contribution in [0.5, 0.6) is 5.75 Å². The number of esters is 1. The molecule has 2 rings (SSSR count). The number of nitrogens with one attached hydrogen (secondary N) is 1. The lowest BCUT2D eigenvalue weighted by atomic mass is 10.3.